The predicted molar refractivity (Wildman–Crippen MR) is 68.1 cm³/mol. The summed E-state index contributed by atoms with van der Waals surface area (Å²) >= 11 is 0. The maximum Gasteiger partial charge on any atom is 0.339 e. The summed E-state index contributed by atoms with van der Waals surface area (Å²) in [6.45, 7) is 0.196. The summed E-state index contributed by atoms with van der Waals surface area (Å²) < 4.78 is 17.7. The molecule has 5 nitrogen and oxygen atoms in total. The zero-order valence-corrected chi connectivity index (χ0v) is 10.3. The zero-order valence-electron chi connectivity index (χ0n) is 10.3. The monoisotopic (exact) mass is 264 g/mol. The molecule has 0 fully saturated rings. The summed E-state index contributed by atoms with van der Waals surface area (Å²) in [6, 6.07) is 3.40. The largest absolute Gasteiger partial charge is 0.465 e. The minimum absolute atomic E-state index is 0.0404. The molecule has 1 aromatic rings. The van der Waals surface area contributed by atoms with Gasteiger partial charge in [0.15, 0.2) is 0 Å². The Balaban J connectivity index is 2.81. The molecule has 0 aliphatic heterocycles. The standard InChI is InChI=1S/C13H13FN2O3/c1-3-6-15-8-12(17)16-11-7-9(14)4-5-10(11)13(18)19-2/h1,4-5,7,15H,6,8H2,2H3,(H,16,17). The van der Waals surface area contributed by atoms with Crippen molar-refractivity contribution in [1.82, 2.24) is 5.32 Å². The van der Waals surface area contributed by atoms with Gasteiger partial charge in [-0.2, -0.15) is 0 Å². The lowest BCUT2D eigenvalue weighted by atomic mass is 10.1. The van der Waals surface area contributed by atoms with Crippen molar-refractivity contribution in [3.63, 3.8) is 0 Å². The van der Waals surface area contributed by atoms with Crippen molar-refractivity contribution in [2.24, 2.45) is 0 Å². The molecule has 0 radical (unpaired) electrons. The van der Waals surface area contributed by atoms with Gasteiger partial charge in [-0.05, 0) is 18.2 Å². The van der Waals surface area contributed by atoms with E-state index in [4.69, 9.17) is 6.42 Å². The number of hydrogen-bond acceptors (Lipinski definition) is 4. The number of ether oxygens (including phenoxy) is 1. The lowest BCUT2D eigenvalue weighted by Gasteiger charge is -2.10. The van der Waals surface area contributed by atoms with Crippen LogP contribution in [0.1, 0.15) is 10.4 Å². The normalized spacial score (nSPS) is 9.53. The number of carbonyl (C=O) groups is 2. The second-order valence-electron chi connectivity index (χ2n) is 3.54. The molecule has 0 heterocycles. The van der Waals surface area contributed by atoms with Gasteiger partial charge < -0.3 is 10.1 Å². The third-order valence-corrected chi connectivity index (χ3v) is 2.17. The third-order valence-electron chi connectivity index (χ3n) is 2.17. The van der Waals surface area contributed by atoms with Crippen LogP contribution in [0.2, 0.25) is 0 Å². The second-order valence-corrected chi connectivity index (χ2v) is 3.54. The van der Waals surface area contributed by atoms with Gasteiger partial charge >= 0.3 is 5.97 Å². The van der Waals surface area contributed by atoms with E-state index in [1.54, 1.807) is 0 Å². The van der Waals surface area contributed by atoms with Crippen molar-refractivity contribution >= 4 is 17.6 Å². The van der Waals surface area contributed by atoms with E-state index in [9.17, 15) is 14.0 Å². The summed E-state index contributed by atoms with van der Waals surface area (Å²) in [5.74, 6) is 0.641. The molecule has 0 aromatic heterocycles. The van der Waals surface area contributed by atoms with Crippen LogP contribution in [0.5, 0.6) is 0 Å². The number of nitrogens with one attached hydrogen (secondary N) is 2. The minimum Gasteiger partial charge on any atom is -0.465 e. The molecule has 0 saturated carbocycles. The van der Waals surface area contributed by atoms with Crippen LogP contribution in [0, 0.1) is 18.2 Å². The molecule has 100 valence electrons. The van der Waals surface area contributed by atoms with Gasteiger partial charge in [-0.3, -0.25) is 10.1 Å². The van der Waals surface area contributed by atoms with Crippen LogP contribution in [-0.4, -0.2) is 32.1 Å². The van der Waals surface area contributed by atoms with Crippen molar-refractivity contribution in [3.8, 4) is 12.3 Å². The Morgan fingerprint density at radius 3 is 2.84 bits per heavy atom. The molecule has 19 heavy (non-hydrogen) atoms. The molecule has 2 N–H and O–H groups in total. The van der Waals surface area contributed by atoms with Gasteiger partial charge in [-0.15, -0.1) is 6.42 Å². The molecule has 0 spiro atoms. The first-order chi connectivity index (χ1) is 9.08. The number of carbonyl (C=O) groups excluding carboxylic acids is 2. The van der Waals surface area contributed by atoms with Gasteiger partial charge in [0.1, 0.15) is 5.82 Å². The average molecular weight is 264 g/mol. The smallest absolute Gasteiger partial charge is 0.339 e. The van der Waals surface area contributed by atoms with E-state index >= 15 is 0 Å². The van der Waals surface area contributed by atoms with Gasteiger partial charge in [-0.1, -0.05) is 5.92 Å². The fourth-order valence-electron chi connectivity index (χ4n) is 1.35. The quantitative estimate of drug-likeness (QED) is 0.468. The number of benzene rings is 1. The first-order valence-electron chi connectivity index (χ1n) is 5.40. The lowest BCUT2D eigenvalue weighted by Crippen LogP contribution is -2.29. The van der Waals surface area contributed by atoms with Gasteiger partial charge in [0.05, 0.1) is 31.5 Å². The summed E-state index contributed by atoms with van der Waals surface area (Å²) in [4.78, 5) is 23.0. The fourth-order valence-corrected chi connectivity index (χ4v) is 1.35. The van der Waals surface area contributed by atoms with Gasteiger partial charge in [0.2, 0.25) is 5.91 Å². The summed E-state index contributed by atoms with van der Waals surface area (Å²) in [5, 5.41) is 5.09. The van der Waals surface area contributed by atoms with Crippen molar-refractivity contribution < 1.29 is 18.7 Å². The third kappa shape index (κ3) is 4.41. The highest BCUT2D eigenvalue weighted by atomic mass is 19.1. The van der Waals surface area contributed by atoms with Crippen LogP contribution in [0.15, 0.2) is 18.2 Å². The topological polar surface area (TPSA) is 67.4 Å². The number of rotatable bonds is 5. The number of amides is 1. The van der Waals surface area contributed by atoms with E-state index in [0.29, 0.717) is 0 Å². The molecule has 0 aliphatic rings. The number of halogens is 1. The second kappa shape index (κ2) is 7.13. The van der Waals surface area contributed by atoms with Crippen LogP contribution in [-0.2, 0) is 9.53 Å². The first kappa shape index (κ1) is 14.7. The van der Waals surface area contributed by atoms with Crippen molar-refractivity contribution in [2.75, 3.05) is 25.5 Å². The van der Waals surface area contributed by atoms with Crippen molar-refractivity contribution in [1.29, 1.82) is 0 Å². The Morgan fingerprint density at radius 2 is 2.21 bits per heavy atom. The predicted octanol–water partition coefficient (Wildman–Crippen LogP) is 0.774. The van der Waals surface area contributed by atoms with Crippen LogP contribution in [0.25, 0.3) is 0 Å². The lowest BCUT2D eigenvalue weighted by molar-refractivity contribution is -0.115. The van der Waals surface area contributed by atoms with Gasteiger partial charge in [-0.25, -0.2) is 9.18 Å². The average Bonchev–Trinajstić information content (AvgIpc) is 2.38. The fraction of sp³-hybridized carbons (Fsp3) is 0.231. The summed E-state index contributed by atoms with van der Waals surface area (Å²) in [5.41, 5.74) is 0.133. The molecule has 0 saturated heterocycles. The Kier molecular flexibility index (Phi) is 5.51. The van der Waals surface area contributed by atoms with E-state index in [0.717, 1.165) is 12.1 Å². The van der Waals surface area contributed by atoms with Crippen LogP contribution in [0.4, 0.5) is 10.1 Å². The molecule has 6 heteroatoms. The molecule has 1 aromatic carbocycles. The van der Waals surface area contributed by atoms with E-state index in [2.05, 4.69) is 21.3 Å². The number of esters is 1. The Morgan fingerprint density at radius 1 is 1.47 bits per heavy atom. The maximum atomic E-state index is 13.1. The maximum absolute atomic E-state index is 13.1. The SMILES string of the molecule is C#CCNCC(=O)Nc1cc(F)ccc1C(=O)OC. The Bertz CT molecular complexity index is 523. The Labute approximate surface area is 110 Å². The Hall–Kier alpha value is -2.39. The first-order valence-corrected chi connectivity index (χ1v) is 5.40. The van der Waals surface area contributed by atoms with Crippen molar-refractivity contribution in [3.05, 3.63) is 29.6 Å². The number of anilines is 1. The highest BCUT2D eigenvalue weighted by Gasteiger charge is 2.14. The van der Waals surface area contributed by atoms with Gasteiger partial charge in [0, 0.05) is 0 Å². The van der Waals surface area contributed by atoms with Crippen LogP contribution >= 0.6 is 0 Å². The van der Waals surface area contributed by atoms with E-state index in [1.807, 2.05) is 0 Å². The van der Waals surface area contributed by atoms with Crippen molar-refractivity contribution in [2.45, 2.75) is 0 Å². The minimum atomic E-state index is -0.660. The zero-order chi connectivity index (χ0) is 14.3. The summed E-state index contributed by atoms with van der Waals surface area (Å²) in [6.07, 6.45) is 5.01. The van der Waals surface area contributed by atoms with Gasteiger partial charge in [0.25, 0.3) is 0 Å². The number of terminal acetylenes is 1. The van der Waals surface area contributed by atoms with E-state index in [1.165, 1.54) is 13.2 Å². The molecule has 0 unspecified atom stereocenters. The highest BCUT2D eigenvalue weighted by Crippen LogP contribution is 2.18. The molecular weight excluding hydrogens is 251 g/mol. The molecule has 0 aliphatic carbocycles. The van der Waals surface area contributed by atoms with E-state index in [-0.39, 0.29) is 24.3 Å². The molecule has 0 bridgehead atoms. The molecular formula is C13H13FN2O3. The van der Waals surface area contributed by atoms with Crippen LogP contribution < -0.4 is 10.6 Å². The highest BCUT2D eigenvalue weighted by molar-refractivity contribution is 6.01. The number of methoxy groups -OCH3 is 1. The van der Waals surface area contributed by atoms with Crippen LogP contribution in [0.3, 0.4) is 0 Å². The molecule has 1 amide bonds. The number of hydrogen-bond donors (Lipinski definition) is 2. The molecule has 1 rings (SSSR count). The molecule has 0 atom stereocenters. The summed E-state index contributed by atoms with van der Waals surface area (Å²) in [7, 11) is 1.20. The van der Waals surface area contributed by atoms with E-state index < -0.39 is 17.7 Å².